The van der Waals surface area contributed by atoms with Gasteiger partial charge in [0.05, 0.1) is 18.1 Å². The number of esters is 3. The zero-order chi connectivity index (χ0) is 23.9. The van der Waals surface area contributed by atoms with Crippen LogP contribution >= 0.6 is 0 Å². The third kappa shape index (κ3) is 7.29. The van der Waals surface area contributed by atoms with E-state index in [0.29, 0.717) is 6.42 Å². The SMILES string of the molecule is CCCC[C@@H](O)/C=C\C(=O)O[C@@H]1[C@@H](C)[C@H](O)[C@@](C)(O)[C@H](OC(C)=O)[C@H](C)C(=O)O[C@H]1C. The summed E-state index contributed by atoms with van der Waals surface area (Å²) in [6, 6.07) is 0. The highest BCUT2D eigenvalue weighted by atomic mass is 16.6. The van der Waals surface area contributed by atoms with E-state index in [0.717, 1.165) is 25.8 Å². The average molecular weight is 445 g/mol. The Bertz CT molecular complexity index is 657. The fourth-order valence-corrected chi connectivity index (χ4v) is 3.77. The summed E-state index contributed by atoms with van der Waals surface area (Å²) in [5, 5.41) is 31.8. The number of cyclic esters (lactones) is 1. The van der Waals surface area contributed by atoms with Gasteiger partial charge in [-0.25, -0.2) is 4.79 Å². The first-order valence-corrected chi connectivity index (χ1v) is 10.7. The van der Waals surface area contributed by atoms with Crippen LogP contribution in [0.25, 0.3) is 0 Å². The molecule has 1 aliphatic rings. The van der Waals surface area contributed by atoms with Crippen molar-refractivity contribution < 1.29 is 43.9 Å². The highest BCUT2D eigenvalue weighted by molar-refractivity contribution is 5.82. The predicted octanol–water partition coefficient (Wildman–Crippen LogP) is 1.27. The van der Waals surface area contributed by atoms with Gasteiger partial charge in [-0.2, -0.15) is 0 Å². The zero-order valence-corrected chi connectivity index (χ0v) is 19.1. The molecule has 1 rings (SSSR count). The van der Waals surface area contributed by atoms with Gasteiger partial charge in [-0.15, -0.1) is 0 Å². The van der Waals surface area contributed by atoms with Gasteiger partial charge in [0.1, 0.15) is 23.9 Å². The van der Waals surface area contributed by atoms with Crippen LogP contribution in [0.1, 0.15) is 60.8 Å². The van der Waals surface area contributed by atoms with Crippen LogP contribution in [0.15, 0.2) is 12.2 Å². The molecule has 1 heterocycles. The van der Waals surface area contributed by atoms with Crippen molar-refractivity contribution in [3.63, 3.8) is 0 Å². The topological polar surface area (TPSA) is 140 Å². The molecule has 178 valence electrons. The van der Waals surface area contributed by atoms with Crippen LogP contribution in [0.2, 0.25) is 0 Å². The number of carbonyl (C=O) groups excluding carboxylic acids is 3. The lowest BCUT2D eigenvalue weighted by atomic mass is 9.78. The Labute approximate surface area is 183 Å². The van der Waals surface area contributed by atoms with E-state index in [4.69, 9.17) is 14.2 Å². The molecule has 1 saturated heterocycles. The Balaban J connectivity index is 3.13. The fourth-order valence-electron chi connectivity index (χ4n) is 3.77. The van der Waals surface area contributed by atoms with Crippen molar-refractivity contribution in [3.8, 4) is 0 Å². The number of unbranched alkanes of at least 4 members (excludes halogenated alkanes) is 1. The molecular weight excluding hydrogens is 408 g/mol. The second-order valence-electron chi connectivity index (χ2n) is 8.46. The van der Waals surface area contributed by atoms with Crippen molar-refractivity contribution in [1.29, 1.82) is 0 Å². The van der Waals surface area contributed by atoms with Crippen LogP contribution in [-0.4, -0.2) is 69.3 Å². The van der Waals surface area contributed by atoms with Crippen LogP contribution < -0.4 is 0 Å². The lowest BCUT2D eigenvalue weighted by Gasteiger charge is -2.40. The zero-order valence-electron chi connectivity index (χ0n) is 19.1. The third-order valence-corrected chi connectivity index (χ3v) is 5.63. The minimum absolute atomic E-state index is 0.505. The molecule has 1 aliphatic heterocycles. The van der Waals surface area contributed by atoms with Gasteiger partial charge in [-0.3, -0.25) is 9.59 Å². The molecule has 0 amide bonds. The molecule has 8 atom stereocenters. The molecule has 0 radical (unpaired) electrons. The smallest absolute Gasteiger partial charge is 0.330 e. The second kappa shape index (κ2) is 11.6. The Morgan fingerprint density at radius 1 is 1.26 bits per heavy atom. The van der Waals surface area contributed by atoms with Gasteiger partial charge in [0.2, 0.25) is 0 Å². The summed E-state index contributed by atoms with van der Waals surface area (Å²) in [6.07, 6.45) is -1.12. The summed E-state index contributed by atoms with van der Waals surface area (Å²) in [4.78, 5) is 36.4. The van der Waals surface area contributed by atoms with Crippen molar-refractivity contribution in [2.75, 3.05) is 0 Å². The molecule has 31 heavy (non-hydrogen) atoms. The lowest BCUT2D eigenvalue weighted by Crippen LogP contribution is -2.58. The molecule has 3 N–H and O–H groups in total. The first kappa shape index (κ1) is 27.1. The number of aliphatic hydroxyl groups excluding tert-OH is 2. The Morgan fingerprint density at radius 2 is 1.87 bits per heavy atom. The molecule has 0 unspecified atom stereocenters. The Hall–Kier alpha value is -1.97. The molecule has 0 aromatic rings. The van der Waals surface area contributed by atoms with E-state index in [1.165, 1.54) is 33.8 Å². The second-order valence-corrected chi connectivity index (χ2v) is 8.46. The molecule has 0 saturated carbocycles. The van der Waals surface area contributed by atoms with Crippen LogP contribution in [0.3, 0.4) is 0 Å². The monoisotopic (exact) mass is 444 g/mol. The van der Waals surface area contributed by atoms with Crippen LogP contribution in [0.5, 0.6) is 0 Å². The molecule has 0 aromatic heterocycles. The van der Waals surface area contributed by atoms with Crippen molar-refractivity contribution >= 4 is 17.9 Å². The quantitative estimate of drug-likeness (QED) is 0.301. The number of ether oxygens (including phenoxy) is 3. The maximum Gasteiger partial charge on any atom is 0.330 e. The maximum atomic E-state index is 12.6. The van der Waals surface area contributed by atoms with E-state index in [2.05, 4.69) is 0 Å². The first-order chi connectivity index (χ1) is 14.3. The maximum absolute atomic E-state index is 12.6. The van der Waals surface area contributed by atoms with E-state index in [9.17, 15) is 29.7 Å². The normalized spacial score (nSPS) is 35.5. The van der Waals surface area contributed by atoms with Gasteiger partial charge in [-0.05, 0) is 33.3 Å². The molecule has 1 fully saturated rings. The van der Waals surface area contributed by atoms with E-state index in [1.807, 2.05) is 6.92 Å². The van der Waals surface area contributed by atoms with E-state index >= 15 is 0 Å². The van der Waals surface area contributed by atoms with Gasteiger partial charge in [-0.1, -0.05) is 26.7 Å². The van der Waals surface area contributed by atoms with Crippen LogP contribution in [0, 0.1) is 11.8 Å². The third-order valence-electron chi connectivity index (χ3n) is 5.63. The molecule has 9 heteroatoms. The summed E-state index contributed by atoms with van der Waals surface area (Å²) in [5.41, 5.74) is -2.02. The highest BCUT2D eigenvalue weighted by Crippen LogP contribution is 2.34. The van der Waals surface area contributed by atoms with Crippen molar-refractivity contribution in [2.45, 2.75) is 96.9 Å². The Morgan fingerprint density at radius 3 is 2.42 bits per heavy atom. The summed E-state index contributed by atoms with van der Waals surface area (Å²) in [6.45, 7) is 8.82. The van der Waals surface area contributed by atoms with Crippen LogP contribution in [0.4, 0.5) is 0 Å². The van der Waals surface area contributed by atoms with E-state index < -0.39 is 65.9 Å². The first-order valence-electron chi connectivity index (χ1n) is 10.7. The van der Waals surface area contributed by atoms with Crippen molar-refractivity contribution in [1.82, 2.24) is 0 Å². The highest BCUT2D eigenvalue weighted by Gasteiger charge is 2.52. The molecule has 0 spiro atoms. The van der Waals surface area contributed by atoms with Gasteiger partial charge in [0.25, 0.3) is 0 Å². The average Bonchev–Trinajstić information content (AvgIpc) is 2.71. The molecule has 0 aliphatic carbocycles. The standard InChI is InChI=1S/C22H36O9/c1-7-8-9-16(24)10-11-17(25)31-18-12(2)19(26)22(6,28)20(30-15(5)23)13(3)21(27)29-14(18)4/h10-14,16,18-20,24,26,28H,7-9H2,1-6H3/b11-10-/t12-,13+,14+,16-,18-,19+,20-,22-/m1/s1. The summed E-state index contributed by atoms with van der Waals surface area (Å²) in [7, 11) is 0. The summed E-state index contributed by atoms with van der Waals surface area (Å²) < 4.78 is 16.0. The van der Waals surface area contributed by atoms with Crippen molar-refractivity contribution in [2.24, 2.45) is 11.8 Å². The molecule has 9 nitrogen and oxygen atoms in total. The van der Waals surface area contributed by atoms with Gasteiger partial charge in [0.15, 0.2) is 0 Å². The van der Waals surface area contributed by atoms with E-state index in [-0.39, 0.29) is 0 Å². The molecule has 0 aromatic carbocycles. The number of hydrogen-bond acceptors (Lipinski definition) is 9. The molecule has 0 bridgehead atoms. The van der Waals surface area contributed by atoms with Crippen molar-refractivity contribution in [3.05, 3.63) is 12.2 Å². The van der Waals surface area contributed by atoms with Gasteiger partial charge in [0, 0.05) is 18.9 Å². The predicted molar refractivity (Wildman–Crippen MR) is 111 cm³/mol. The molecular formula is C22H36O9. The lowest BCUT2D eigenvalue weighted by molar-refractivity contribution is -0.198. The van der Waals surface area contributed by atoms with Gasteiger partial charge >= 0.3 is 17.9 Å². The largest absolute Gasteiger partial charge is 0.458 e. The number of carbonyl (C=O) groups is 3. The number of aliphatic hydroxyl groups is 3. The van der Waals surface area contributed by atoms with Gasteiger partial charge < -0.3 is 29.5 Å². The Kier molecular flexibility index (Phi) is 10.1. The minimum atomic E-state index is -2.02. The summed E-state index contributed by atoms with van der Waals surface area (Å²) >= 11 is 0. The number of hydrogen-bond donors (Lipinski definition) is 3. The van der Waals surface area contributed by atoms with E-state index in [1.54, 1.807) is 0 Å². The minimum Gasteiger partial charge on any atom is -0.458 e. The number of rotatable bonds is 7. The summed E-state index contributed by atoms with van der Waals surface area (Å²) in [5.74, 6) is -4.25. The fraction of sp³-hybridized carbons (Fsp3) is 0.773. The van der Waals surface area contributed by atoms with Crippen LogP contribution in [-0.2, 0) is 28.6 Å².